The Bertz CT molecular complexity index is 1100. The number of benzene rings is 2. The Labute approximate surface area is 204 Å². The molecular weight excluding hydrogens is 481 g/mol. The van der Waals surface area contributed by atoms with E-state index in [1.54, 1.807) is 0 Å². The minimum atomic E-state index is -4.54. The van der Waals surface area contributed by atoms with Gasteiger partial charge in [0.1, 0.15) is 0 Å². The normalized spacial score (nSPS) is 20.3. The number of nitrogens with one attached hydrogen (secondary N) is 2. The third-order valence-corrected chi connectivity index (χ3v) is 8.06. The zero-order chi connectivity index (χ0) is 25.9. The van der Waals surface area contributed by atoms with E-state index in [9.17, 15) is 31.5 Å². The average molecular weight is 513 g/mol. The summed E-state index contributed by atoms with van der Waals surface area (Å²) in [7, 11) is -3.98. The van der Waals surface area contributed by atoms with Gasteiger partial charge in [0.15, 0.2) is 0 Å². The number of amides is 1. The topological polar surface area (TPSA) is 95.5 Å². The van der Waals surface area contributed by atoms with E-state index in [4.69, 9.17) is 0 Å². The van der Waals surface area contributed by atoms with E-state index in [0.29, 0.717) is 25.7 Å². The van der Waals surface area contributed by atoms with Gasteiger partial charge in [-0.2, -0.15) is 13.2 Å². The Balaban J connectivity index is 1.60. The second-order valence-corrected chi connectivity index (χ2v) is 11.4. The smallest absolute Gasteiger partial charge is 0.396 e. The molecule has 0 radical (unpaired) electrons. The van der Waals surface area contributed by atoms with Crippen molar-refractivity contribution in [3.05, 3.63) is 65.7 Å². The van der Waals surface area contributed by atoms with Crippen molar-refractivity contribution in [1.82, 2.24) is 10.0 Å². The maximum absolute atomic E-state index is 13.0. The van der Waals surface area contributed by atoms with Crippen LogP contribution in [0.25, 0.3) is 0 Å². The number of carbonyl (C=O) groups is 1. The van der Waals surface area contributed by atoms with Gasteiger partial charge in [-0.1, -0.05) is 44.2 Å². The lowest BCUT2D eigenvalue weighted by Crippen LogP contribution is -2.45. The fourth-order valence-electron chi connectivity index (χ4n) is 4.31. The summed E-state index contributed by atoms with van der Waals surface area (Å²) in [6.07, 6.45) is -2.75. The molecule has 1 aliphatic rings. The summed E-state index contributed by atoms with van der Waals surface area (Å²) in [5.41, 5.74) is -0.620. The highest BCUT2D eigenvalue weighted by atomic mass is 32.2. The minimum absolute atomic E-state index is 0.120. The molecule has 1 amide bonds. The maximum Gasteiger partial charge on any atom is 0.416 e. The first-order valence-electron chi connectivity index (χ1n) is 11.5. The van der Waals surface area contributed by atoms with E-state index in [0.717, 1.165) is 29.8 Å². The van der Waals surface area contributed by atoms with E-state index in [2.05, 4.69) is 10.0 Å². The van der Waals surface area contributed by atoms with E-state index in [1.807, 2.05) is 44.2 Å². The van der Waals surface area contributed by atoms with Gasteiger partial charge in [0, 0.05) is 17.4 Å². The summed E-state index contributed by atoms with van der Waals surface area (Å²) in [6, 6.07) is 12.0. The molecule has 2 aromatic rings. The minimum Gasteiger partial charge on any atom is -0.396 e. The summed E-state index contributed by atoms with van der Waals surface area (Å²) < 4.78 is 66.0. The highest BCUT2D eigenvalue weighted by Crippen LogP contribution is 2.35. The molecule has 0 bridgehead atoms. The van der Waals surface area contributed by atoms with Crippen LogP contribution in [0.3, 0.4) is 0 Å². The molecule has 6 nitrogen and oxygen atoms in total. The van der Waals surface area contributed by atoms with Crippen LogP contribution in [-0.4, -0.2) is 32.1 Å². The van der Waals surface area contributed by atoms with Crippen molar-refractivity contribution in [3.8, 4) is 0 Å². The molecular formula is C25H31F3N2O4S. The fraction of sp³-hybridized carbons (Fsp3) is 0.480. The molecule has 0 aliphatic heterocycles. The average Bonchev–Trinajstić information content (AvgIpc) is 2.82. The molecule has 0 saturated heterocycles. The number of carbonyl (C=O) groups excluding carboxylic acids is 1. The molecule has 2 aromatic carbocycles. The molecule has 10 heteroatoms. The number of hydrogen-bond acceptors (Lipinski definition) is 4. The predicted molar refractivity (Wildman–Crippen MR) is 126 cm³/mol. The summed E-state index contributed by atoms with van der Waals surface area (Å²) in [4.78, 5) is 12.8. The van der Waals surface area contributed by atoms with Gasteiger partial charge in [0.2, 0.25) is 15.9 Å². The number of aliphatic hydroxyl groups is 1. The summed E-state index contributed by atoms with van der Waals surface area (Å²) in [5, 5.41) is 12.9. The van der Waals surface area contributed by atoms with Crippen molar-refractivity contribution in [3.63, 3.8) is 0 Å². The van der Waals surface area contributed by atoms with Crippen molar-refractivity contribution in [2.75, 3.05) is 6.61 Å². The van der Waals surface area contributed by atoms with Crippen LogP contribution in [0.5, 0.6) is 0 Å². The highest BCUT2D eigenvalue weighted by molar-refractivity contribution is 7.89. The van der Waals surface area contributed by atoms with E-state index in [1.165, 1.54) is 0 Å². The maximum atomic E-state index is 13.0. The molecule has 1 saturated carbocycles. The first-order chi connectivity index (χ1) is 16.3. The van der Waals surface area contributed by atoms with Gasteiger partial charge in [0.05, 0.1) is 23.1 Å². The third-order valence-electron chi connectivity index (χ3n) is 6.52. The van der Waals surface area contributed by atoms with Crippen LogP contribution in [0.2, 0.25) is 0 Å². The lowest BCUT2D eigenvalue weighted by molar-refractivity contribution is -0.137. The first kappa shape index (κ1) is 27.2. The number of hydrogen-bond donors (Lipinski definition) is 3. The van der Waals surface area contributed by atoms with Crippen LogP contribution >= 0.6 is 0 Å². The summed E-state index contributed by atoms with van der Waals surface area (Å²) >= 11 is 0. The molecule has 0 aromatic heterocycles. The number of rotatable bonds is 8. The number of aliphatic hydroxyl groups excluding tert-OH is 1. The van der Waals surface area contributed by atoms with Crippen LogP contribution in [-0.2, 0) is 21.0 Å². The van der Waals surface area contributed by atoms with Crippen LogP contribution in [0, 0.1) is 11.3 Å². The monoisotopic (exact) mass is 512 g/mol. The van der Waals surface area contributed by atoms with Crippen molar-refractivity contribution < 1.29 is 31.5 Å². The zero-order valence-corrected chi connectivity index (χ0v) is 20.5. The van der Waals surface area contributed by atoms with E-state index in [-0.39, 0.29) is 23.3 Å². The van der Waals surface area contributed by atoms with E-state index < -0.39 is 39.3 Å². The molecule has 1 aliphatic carbocycles. The quantitative estimate of drug-likeness (QED) is 0.488. The van der Waals surface area contributed by atoms with Gasteiger partial charge < -0.3 is 10.4 Å². The van der Waals surface area contributed by atoms with Crippen LogP contribution in [0.4, 0.5) is 13.2 Å². The predicted octanol–water partition coefficient (Wildman–Crippen LogP) is 4.42. The Morgan fingerprint density at radius 3 is 2.09 bits per heavy atom. The molecule has 0 unspecified atom stereocenters. The molecule has 192 valence electrons. The Hall–Kier alpha value is -2.43. The molecule has 3 rings (SSSR count). The second kappa shape index (κ2) is 10.7. The van der Waals surface area contributed by atoms with E-state index >= 15 is 0 Å². The SMILES string of the molecule is CC(C)(CO)[C@@H](NC(=O)[C@H]1CC[C@H](NS(=O)(=O)c2ccc(C(F)(F)F)cc2)CC1)c1ccccc1. The third kappa shape index (κ3) is 6.83. The van der Waals surface area contributed by atoms with Crippen molar-refractivity contribution in [2.24, 2.45) is 11.3 Å². The molecule has 0 heterocycles. The van der Waals surface area contributed by atoms with Gasteiger partial charge >= 0.3 is 6.18 Å². The number of sulfonamides is 1. The van der Waals surface area contributed by atoms with Crippen LogP contribution in [0.1, 0.15) is 56.7 Å². The highest BCUT2D eigenvalue weighted by Gasteiger charge is 2.35. The summed E-state index contributed by atoms with van der Waals surface area (Å²) in [6.45, 7) is 3.63. The van der Waals surface area contributed by atoms with Crippen LogP contribution in [0.15, 0.2) is 59.5 Å². The molecule has 3 N–H and O–H groups in total. The Morgan fingerprint density at radius 2 is 1.57 bits per heavy atom. The Morgan fingerprint density at radius 1 is 1.00 bits per heavy atom. The fourth-order valence-corrected chi connectivity index (χ4v) is 5.62. The largest absolute Gasteiger partial charge is 0.416 e. The lowest BCUT2D eigenvalue weighted by atomic mass is 9.80. The molecule has 0 spiro atoms. The molecule has 1 fully saturated rings. The molecule has 1 atom stereocenters. The first-order valence-corrected chi connectivity index (χ1v) is 13.0. The van der Waals surface area contributed by atoms with Gasteiger partial charge in [-0.3, -0.25) is 4.79 Å². The van der Waals surface area contributed by atoms with Gasteiger partial charge in [-0.25, -0.2) is 13.1 Å². The molecule has 35 heavy (non-hydrogen) atoms. The van der Waals surface area contributed by atoms with Crippen molar-refractivity contribution >= 4 is 15.9 Å². The van der Waals surface area contributed by atoms with Crippen molar-refractivity contribution in [2.45, 2.75) is 62.7 Å². The summed E-state index contributed by atoms with van der Waals surface area (Å²) in [5.74, 6) is -0.452. The number of halogens is 3. The second-order valence-electron chi connectivity index (χ2n) is 9.69. The van der Waals surface area contributed by atoms with Crippen molar-refractivity contribution in [1.29, 1.82) is 0 Å². The zero-order valence-electron chi connectivity index (χ0n) is 19.7. The van der Waals surface area contributed by atoms with Gasteiger partial charge in [-0.05, 0) is 55.5 Å². The van der Waals surface area contributed by atoms with Gasteiger partial charge in [0.25, 0.3) is 0 Å². The standard InChI is InChI=1S/C25H31F3N2O4S/c1-24(2,16-31)22(17-6-4-3-5-7-17)29-23(32)18-8-12-20(13-9-18)30-35(33,34)21-14-10-19(11-15-21)25(26,27)28/h3-7,10-11,14-15,18,20,22,30-31H,8-9,12-13,16H2,1-2H3,(H,29,32)/t18-,20-,22-/m0/s1. The van der Waals surface area contributed by atoms with Gasteiger partial charge in [-0.15, -0.1) is 0 Å². The Kier molecular flexibility index (Phi) is 8.28. The lowest BCUT2D eigenvalue weighted by Gasteiger charge is -2.36. The number of alkyl halides is 3. The van der Waals surface area contributed by atoms with Crippen LogP contribution < -0.4 is 10.0 Å².